The van der Waals surface area contributed by atoms with Crippen molar-refractivity contribution in [2.24, 2.45) is 0 Å². The molecule has 0 heterocycles. The second kappa shape index (κ2) is 9.27. The largest absolute Gasteiger partial charge is 0.493 e. The van der Waals surface area contributed by atoms with Gasteiger partial charge in [0.15, 0.2) is 11.5 Å². The zero-order chi connectivity index (χ0) is 18.2. The number of hydrogen-bond acceptors (Lipinski definition) is 4. The smallest absolute Gasteiger partial charge is 0.387 e. The van der Waals surface area contributed by atoms with Crippen molar-refractivity contribution in [1.82, 2.24) is 0 Å². The molecule has 1 N–H and O–H groups in total. The summed E-state index contributed by atoms with van der Waals surface area (Å²) in [7, 11) is 1.36. The fraction of sp³-hybridized carbons (Fsp3) is 0.278. The molecule has 4 nitrogen and oxygen atoms in total. The zero-order valence-corrected chi connectivity index (χ0v) is 14.7. The van der Waals surface area contributed by atoms with Crippen LogP contribution < -0.4 is 14.8 Å². The van der Waals surface area contributed by atoms with Gasteiger partial charge in [-0.15, -0.1) is 11.8 Å². The Morgan fingerprint density at radius 1 is 1.20 bits per heavy atom. The summed E-state index contributed by atoms with van der Waals surface area (Å²) in [4.78, 5) is 12.0. The van der Waals surface area contributed by atoms with Crippen LogP contribution in [0.2, 0.25) is 0 Å². The van der Waals surface area contributed by atoms with Crippen LogP contribution in [0.3, 0.4) is 0 Å². The monoisotopic (exact) mass is 367 g/mol. The van der Waals surface area contributed by atoms with E-state index in [0.29, 0.717) is 5.69 Å². The Hall–Kier alpha value is -2.28. The summed E-state index contributed by atoms with van der Waals surface area (Å²) in [6.07, 6.45) is 0. The Morgan fingerprint density at radius 2 is 2.00 bits per heavy atom. The Morgan fingerprint density at radius 3 is 2.68 bits per heavy atom. The maximum absolute atomic E-state index is 12.4. The molecule has 7 heteroatoms. The van der Waals surface area contributed by atoms with Crippen LogP contribution in [0.25, 0.3) is 0 Å². The molecule has 0 fully saturated rings. The van der Waals surface area contributed by atoms with E-state index in [1.807, 2.05) is 25.1 Å². The summed E-state index contributed by atoms with van der Waals surface area (Å²) in [6, 6.07) is 12.4. The molecule has 2 aromatic carbocycles. The van der Waals surface area contributed by atoms with E-state index in [1.165, 1.54) is 36.6 Å². The molecule has 0 atom stereocenters. The fourth-order valence-corrected chi connectivity index (χ4v) is 2.98. The van der Waals surface area contributed by atoms with Gasteiger partial charge >= 0.3 is 6.61 Å². The number of thioether (sulfide) groups is 1. The second-order valence-electron chi connectivity index (χ2n) is 5.27. The van der Waals surface area contributed by atoms with Gasteiger partial charge in [0.05, 0.1) is 12.9 Å². The lowest BCUT2D eigenvalue weighted by Crippen LogP contribution is -2.14. The third kappa shape index (κ3) is 6.26. The number of carbonyl (C=O) groups is 1. The van der Waals surface area contributed by atoms with E-state index in [-0.39, 0.29) is 23.2 Å². The maximum atomic E-state index is 12.4. The number of halogens is 2. The van der Waals surface area contributed by atoms with Crippen molar-refractivity contribution < 1.29 is 23.0 Å². The molecule has 0 bridgehead atoms. The number of carbonyl (C=O) groups excluding carboxylic acids is 1. The molecule has 0 saturated heterocycles. The maximum Gasteiger partial charge on any atom is 0.387 e. The van der Waals surface area contributed by atoms with Gasteiger partial charge in [0, 0.05) is 17.5 Å². The SMILES string of the molecule is COc1ccc(NC(=O)CSCc2cccc(C)c2)cc1OC(F)F. The fourth-order valence-electron chi connectivity index (χ4n) is 2.20. The molecular weight excluding hydrogens is 348 g/mol. The summed E-state index contributed by atoms with van der Waals surface area (Å²) in [5.41, 5.74) is 2.69. The van der Waals surface area contributed by atoms with Gasteiger partial charge in [-0.25, -0.2) is 0 Å². The van der Waals surface area contributed by atoms with Crippen LogP contribution >= 0.6 is 11.8 Å². The van der Waals surface area contributed by atoms with Crippen LogP contribution in [-0.4, -0.2) is 25.4 Å². The van der Waals surface area contributed by atoms with Gasteiger partial charge in [0.25, 0.3) is 0 Å². The average molecular weight is 367 g/mol. The van der Waals surface area contributed by atoms with Crippen molar-refractivity contribution in [3.8, 4) is 11.5 Å². The first-order valence-corrected chi connectivity index (χ1v) is 8.69. The van der Waals surface area contributed by atoms with Crippen molar-refractivity contribution in [2.75, 3.05) is 18.2 Å². The van der Waals surface area contributed by atoms with Crippen LogP contribution in [0.4, 0.5) is 14.5 Å². The van der Waals surface area contributed by atoms with Gasteiger partial charge < -0.3 is 14.8 Å². The van der Waals surface area contributed by atoms with Gasteiger partial charge in [-0.2, -0.15) is 8.78 Å². The van der Waals surface area contributed by atoms with Gasteiger partial charge in [-0.1, -0.05) is 29.8 Å². The molecule has 0 saturated carbocycles. The van der Waals surface area contributed by atoms with E-state index in [2.05, 4.69) is 16.1 Å². The first kappa shape index (κ1) is 19.1. The molecule has 0 aliphatic heterocycles. The minimum atomic E-state index is -2.97. The molecule has 134 valence electrons. The number of hydrogen-bond donors (Lipinski definition) is 1. The highest BCUT2D eigenvalue weighted by Gasteiger charge is 2.12. The summed E-state index contributed by atoms with van der Waals surface area (Å²) >= 11 is 1.48. The van der Waals surface area contributed by atoms with E-state index >= 15 is 0 Å². The molecule has 25 heavy (non-hydrogen) atoms. The summed E-state index contributed by atoms with van der Waals surface area (Å²) in [5, 5.41) is 2.66. The summed E-state index contributed by atoms with van der Waals surface area (Å²) in [6.45, 7) is -0.950. The van der Waals surface area contributed by atoms with Crippen molar-refractivity contribution in [1.29, 1.82) is 0 Å². The van der Waals surface area contributed by atoms with Gasteiger partial charge in [0.1, 0.15) is 0 Å². The predicted octanol–water partition coefficient (Wildman–Crippen LogP) is 4.48. The first-order chi connectivity index (χ1) is 12.0. The van der Waals surface area contributed by atoms with E-state index in [1.54, 1.807) is 6.07 Å². The molecule has 2 aromatic rings. The van der Waals surface area contributed by atoms with Crippen LogP contribution in [0.1, 0.15) is 11.1 Å². The number of anilines is 1. The standard InChI is InChI=1S/C18H19F2NO3S/c1-12-4-3-5-13(8-12)10-25-11-17(22)21-14-6-7-15(23-2)16(9-14)24-18(19)20/h3-9,18H,10-11H2,1-2H3,(H,21,22). The number of ether oxygens (including phenoxy) is 2. The lowest BCUT2D eigenvalue weighted by Gasteiger charge is -2.12. The highest BCUT2D eigenvalue weighted by Crippen LogP contribution is 2.31. The molecule has 1 amide bonds. The highest BCUT2D eigenvalue weighted by atomic mass is 32.2. The van der Waals surface area contributed by atoms with Crippen molar-refractivity contribution >= 4 is 23.4 Å². The van der Waals surface area contributed by atoms with Crippen LogP contribution in [0.5, 0.6) is 11.5 Å². The number of methoxy groups -OCH3 is 1. The molecule has 0 unspecified atom stereocenters. The van der Waals surface area contributed by atoms with Crippen molar-refractivity contribution in [3.05, 3.63) is 53.6 Å². The Bertz CT molecular complexity index is 725. The highest BCUT2D eigenvalue weighted by molar-refractivity contribution is 7.99. The molecule has 0 spiro atoms. The van der Waals surface area contributed by atoms with Crippen LogP contribution in [-0.2, 0) is 10.5 Å². The van der Waals surface area contributed by atoms with Crippen LogP contribution in [0, 0.1) is 6.92 Å². The van der Waals surface area contributed by atoms with Gasteiger partial charge in [-0.3, -0.25) is 4.79 Å². The minimum absolute atomic E-state index is 0.122. The van der Waals surface area contributed by atoms with Gasteiger partial charge in [0.2, 0.25) is 5.91 Å². The first-order valence-electron chi connectivity index (χ1n) is 7.54. The van der Waals surface area contributed by atoms with Crippen LogP contribution in [0.15, 0.2) is 42.5 Å². The summed E-state index contributed by atoms with van der Waals surface area (Å²) < 4.78 is 34.2. The molecular formula is C18H19F2NO3S. The van der Waals surface area contributed by atoms with E-state index < -0.39 is 6.61 Å². The zero-order valence-electron chi connectivity index (χ0n) is 13.9. The molecule has 0 radical (unpaired) electrons. The normalized spacial score (nSPS) is 10.6. The predicted molar refractivity (Wildman–Crippen MR) is 95.6 cm³/mol. The molecule has 0 aliphatic rings. The number of rotatable bonds is 8. The third-order valence-electron chi connectivity index (χ3n) is 3.25. The Balaban J connectivity index is 1.89. The topological polar surface area (TPSA) is 47.6 Å². The Labute approximate surface area is 149 Å². The van der Waals surface area contributed by atoms with E-state index in [9.17, 15) is 13.6 Å². The lowest BCUT2D eigenvalue weighted by molar-refractivity contribution is -0.113. The average Bonchev–Trinajstić information content (AvgIpc) is 2.54. The van der Waals surface area contributed by atoms with E-state index in [4.69, 9.17) is 4.74 Å². The van der Waals surface area contributed by atoms with Crippen molar-refractivity contribution in [3.63, 3.8) is 0 Å². The van der Waals surface area contributed by atoms with Crippen molar-refractivity contribution in [2.45, 2.75) is 19.3 Å². The number of amides is 1. The second-order valence-corrected chi connectivity index (χ2v) is 6.26. The third-order valence-corrected chi connectivity index (χ3v) is 4.25. The molecule has 0 aliphatic carbocycles. The number of benzene rings is 2. The number of aryl methyl sites for hydroxylation is 1. The molecule has 0 aromatic heterocycles. The van der Waals surface area contributed by atoms with E-state index in [0.717, 1.165) is 11.3 Å². The number of alkyl halides is 2. The summed E-state index contributed by atoms with van der Waals surface area (Å²) in [5.74, 6) is 0.809. The minimum Gasteiger partial charge on any atom is -0.493 e. The Kier molecular flexibility index (Phi) is 7.06. The van der Waals surface area contributed by atoms with Gasteiger partial charge in [-0.05, 0) is 24.6 Å². The quantitative estimate of drug-likeness (QED) is 0.747. The molecule has 2 rings (SSSR count). The lowest BCUT2D eigenvalue weighted by atomic mass is 10.2. The number of nitrogens with one attached hydrogen (secondary N) is 1.